The molecule has 2 N–H and O–H groups in total. The van der Waals surface area contributed by atoms with Crippen LogP contribution in [0.2, 0.25) is 0 Å². The molecule has 1 aromatic carbocycles. The SMILES string of the molecule is CC1CN(C=N)N=C1c1ccccc1O. The molecule has 0 fully saturated rings. The van der Waals surface area contributed by atoms with Gasteiger partial charge in [-0.25, -0.2) is 0 Å². The van der Waals surface area contributed by atoms with E-state index in [0.717, 1.165) is 11.3 Å². The van der Waals surface area contributed by atoms with Gasteiger partial charge in [-0.2, -0.15) is 5.10 Å². The molecular weight excluding hydrogens is 190 g/mol. The van der Waals surface area contributed by atoms with Crippen LogP contribution in [-0.2, 0) is 0 Å². The summed E-state index contributed by atoms with van der Waals surface area (Å²) in [5.74, 6) is 0.481. The molecule has 1 aliphatic heterocycles. The van der Waals surface area contributed by atoms with Crippen molar-refractivity contribution in [3.05, 3.63) is 29.8 Å². The van der Waals surface area contributed by atoms with Crippen molar-refractivity contribution < 1.29 is 5.11 Å². The van der Waals surface area contributed by atoms with Gasteiger partial charge in [-0.3, -0.25) is 10.4 Å². The minimum Gasteiger partial charge on any atom is -0.507 e. The van der Waals surface area contributed by atoms with Crippen LogP contribution in [0.4, 0.5) is 0 Å². The van der Waals surface area contributed by atoms with E-state index in [9.17, 15) is 5.11 Å². The largest absolute Gasteiger partial charge is 0.507 e. The molecule has 2 rings (SSSR count). The lowest BCUT2D eigenvalue weighted by atomic mass is 9.99. The van der Waals surface area contributed by atoms with Crippen LogP contribution in [0.5, 0.6) is 5.75 Å². The van der Waals surface area contributed by atoms with Crippen LogP contribution in [0.3, 0.4) is 0 Å². The first-order valence-corrected chi connectivity index (χ1v) is 4.86. The minimum atomic E-state index is 0.236. The van der Waals surface area contributed by atoms with E-state index in [0.29, 0.717) is 6.54 Å². The van der Waals surface area contributed by atoms with E-state index >= 15 is 0 Å². The number of hydrogen-bond donors (Lipinski definition) is 2. The van der Waals surface area contributed by atoms with Gasteiger partial charge < -0.3 is 5.11 Å². The molecule has 4 nitrogen and oxygen atoms in total. The van der Waals surface area contributed by atoms with Gasteiger partial charge in [0.15, 0.2) is 0 Å². The van der Waals surface area contributed by atoms with Crippen LogP contribution >= 0.6 is 0 Å². The third-order valence-corrected chi connectivity index (χ3v) is 2.49. The van der Waals surface area contributed by atoms with E-state index in [-0.39, 0.29) is 11.7 Å². The smallest absolute Gasteiger partial charge is 0.124 e. The van der Waals surface area contributed by atoms with Crippen LogP contribution in [-0.4, -0.2) is 28.7 Å². The second kappa shape index (κ2) is 3.73. The van der Waals surface area contributed by atoms with Gasteiger partial charge in [0.05, 0.1) is 12.3 Å². The molecule has 0 saturated carbocycles. The number of hydrazone groups is 1. The number of nitrogens with one attached hydrogen (secondary N) is 1. The number of hydrogen-bond acceptors (Lipinski definition) is 3. The highest BCUT2D eigenvalue weighted by Crippen LogP contribution is 2.24. The van der Waals surface area contributed by atoms with E-state index in [1.54, 1.807) is 17.1 Å². The fraction of sp³-hybridized carbons (Fsp3) is 0.273. The average molecular weight is 203 g/mol. The molecule has 1 unspecified atom stereocenters. The summed E-state index contributed by atoms with van der Waals surface area (Å²) in [6.07, 6.45) is 1.20. The summed E-state index contributed by atoms with van der Waals surface area (Å²) in [4.78, 5) is 0. The quantitative estimate of drug-likeness (QED) is 0.567. The highest BCUT2D eigenvalue weighted by Gasteiger charge is 2.24. The molecule has 4 heteroatoms. The number of rotatable bonds is 2. The van der Waals surface area contributed by atoms with Crippen LogP contribution in [0.15, 0.2) is 29.4 Å². The number of benzene rings is 1. The van der Waals surface area contributed by atoms with Crippen molar-refractivity contribution in [1.82, 2.24) is 5.01 Å². The van der Waals surface area contributed by atoms with Crippen molar-refractivity contribution in [1.29, 1.82) is 5.41 Å². The van der Waals surface area contributed by atoms with Gasteiger partial charge >= 0.3 is 0 Å². The molecule has 0 amide bonds. The van der Waals surface area contributed by atoms with E-state index in [1.807, 2.05) is 19.1 Å². The number of aromatic hydroxyl groups is 1. The summed E-state index contributed by atoms with van der Waals surface area (Å²) in [5, 5.41) is 22.7. The highest BCUT2D eigenvalue weighted by molar-refractivity contribution is 6.05. The van der Waals surface area contributed by atoms with E-state index in [1.165, 1.54) is 6.34 Å². The van der Waals surface area contributed by atoms with Gasteiger partial charge in [0.2, 0.25) is 0 Å². The van der Waals surface area contributed by atoms with Crippen molar-refractivity contribution in [3.63, 3.8) is 0 Å². The van der Waals surface area contributed by atoms with E-state index in [4.69, 9.17) is 5.41 Å². The Labute approximate surface area is 88.4 Å². The first-order chi connectivity index (χ1) is 7.22. The van der Waals surface area contributed by atoms with Crippen LogP contribution < -0.4 is 0 Å². The Balaban J connectivity index is 2.39. The normalized spacial score (nSPS) is 20.2. The fourth-order valence-corrected chi connectivity index (χ4v) is 1.74. The van der Waals surface area contributed by atoms with Crippen molar-refractivity contribution >= 4 is 12.1 Å². The standard InChI is InChI=1S/C11H13N3O/c1-8-6-14(7-12)13-11(8)9-4-2-3-5-10(9)15/h2-5,7-8,12,15H,6H2,1H3. The Morgan fingerprint density at radius 3 is 2.87 bits per heavy atom. The van der Waals surface area contributed by atoms with Crippen LogP contribution in [0, 0.1) is 11.3 Å². The van der Waals surface area contributed by atoms with Crippen molar-refractivity contribution in [2.75, 3.05) is 6.54 Å². The molecule has 0 saturated heterocycles. The van der Waals surface area contributed by atoms with E-state index < -0.39 is 0 Å². The molecule has 1 aromatic rings. The summed E-state index contributed by atoms with van der Waals surface area (Å²) in [7, 11) is 0. The summed E-state index contributed by atoms with van der Waals surface area (Å²) >= 11 is 0. The van der Waals surface area contributed by atoms with Crippen LogP contribution in [0.25, 0.3) is 0 Å². The Morgan fingerprint density at radius 2 is 2.27 bits per heavy atom. The van der Waals surface area contributed by atoms with Gasteiger partial charge in [-0.15, -0.1) is 0 Å². The van der Waals surface area contributed by atoms with Crippen LogP contribution in [0.1, 0.15) is 12.5 Å². The van der Waals surface area contributed by atoms with Crippen molar-refractivity contribution in [2.45, 2.75) is 6.92 Å². The molecule has 0 spiro atoms. The Bertz CT molecular complexity index is 414. The summed E-state index contributed by atoms with van der Waals surface area (Å²) in [5.41, 5.74) is 1.60. The zero-order chi connectivity index (χ0) is 10.8. The first-order valence-electron chi connectivity index (χ1n) is 4.86. The van der Waals surface area contributed by atoms with Crippen molar-refractivity contribution in [2.24, 2.45) is 11.0 Å². The molecule has 0 bridgehead atoms. The third kappa shape index (κ3) is 1.70. The summed E-state index contributed by atoms with van der Waals surface area (Å²) in [6.45, 7) is 2.74. The predicted octanol–water partition coefficient (Wildman–Crippen LogP) is 1.66. The molecule has 78 valence electrons. The average Bonchev–Trinajstić information content (AvgIpc) is 2.60. The van der Waals surface area contributed by atoms with Crippen molar-refractivity contribution in [3.8, 4) is 5.75 Å². The van der Waals surface area contributed by atoms with E-state index in [2.05, 4.69) is 5.10 Å². The molecule has 15 heavy (non-hydrogen) atoms. The number of phenols is 1. The molecular formula is C11H13N3O. The molecule has 1 heterocycles. The monoisotopic (exact) mass is 203 g/mol. The van der Waals surface area contributed by atoms with Gasteiger partial charge in [-0.1, -0.05) is 19.1 Å². The van der Waals surface area contributed by atoms with Gasteiger partial charge in [0.1, 0.15) is 12.1 Å². The molecule has 0 aromatic heterocycles. The fourth-order valence-electron chi connectivity index (χ4n) is 1.74. The van der Waals surface area contributed by atoms with Gasteiger partial charge in [0, 0.05) is 11.5 Å². The second-order valence-corrected chi connectivity index (χ2v) is 3.65. The molecule has 1 aliphatic rings. The highest BCUT2D eigenvalue weighted by atomic mass is 16.3. The molecule has 0 aliphatic carbocycles. The lowest BCUT2D eigenvalue weighted by molar-refractivity contribution is 0.467. The number of nitrogens with zero attached hydrogens (tertiary/aromatic N) is 2. The van der Waals surface area contributed by atoms with Gasteiger partial charge in [-0.05, 0) is 12.1 Å². The zero-order valence-electron chi connectivity index (χ0n) is 8.51. The number of phenolic OH excluding ortho intramolecular Hbond substituents is 1. The predicted molar refractivity (Wildman–Crippen MR) is 59.3 cm³/mol. The lowest BCUT2D eigenvalue weighted by Crippen LogP contribution is -2.15. The Morgan fingerprint density at radius 1 is 1.53 bits per heavy atom. The van der Waals surface area contributed by atoms with Gasteiger partial charge in [0.25, 0.3) is 0 Å². The topological polar surface area (TPSA) is 59.7 Å². The first kappa shape index (κ1) is 9.71. The third-order valence-electron chi connectivity index (χ3n) is 2.49. The summed E-state index contributed by atoms with van der Waals surface area (Å²) in [6, 6.07) is 7.15. The number of para-hydroxylation sites is 1. The minimum absolute atomic E-state index is 0.236. The maximum absolute atomic E-state index is 9.69. The second-order valence-electron chi connectivity index (χ2n) is 3.65. The Kier molecular flexibility index (Phi) is 2.41. The lowest BCUT2D eigenvalue weighted by Gasteiger charge is -2.07. The molecule has 1 atom stereocenters. The maximum atomic E-state index is 9.69. The zero-order valence-corrected chi connectivity index (χ0v) is 8.51. The maximum Gasteiger partial charge on any atom is 0.124 e. The Hall–Kier alpha value is -1.84. The molecule has 0 radical (unpaired) electrons. The summed E-state index contributed by atoms with van der Waals surface area (Å²) < 4.78 is 0.